The summed E-state index contributed by atoms with van der Waals surface area (Å²) in [6.07, 6.45) is 7.07. The summed E-state index contributed by atoms with van der Waals surface area (Å²) in [5.41, 5.74) is 0. The summed E-state index contributed by atoms with van der Waals surface area (Å²) >= 11 is 0. The molecule has 2 nitrogen and oxygen atoms in total. The molecule has 1 atom stereocenters. The Morgan fingerprint density at radius 2 is 1.71 bits per heavy atom. The van der Waals surface area contributed by atoms with Gasteiger partial charge in [0.25, 0.3) is 0 Å². The molecule has 0 unspecified atom stereocenters. The first kappa shape index (κ1) is 14.9. The van der Waals surface area contributed by atoms with Crippen LogP contribution in [-0.2, 0) is 9.22 Å². The lowest BCUT2D eigenvalue weighted by molar-refractivity contribution is -0.117. The predicted octanol–water partition coefficient (Wildman–Crippen LogP) is 4.16. The highest BCUT2D eigenvalue weighted by atomic mass is 28.4. The van der Waals surface area contributed by atoms with Crippen LogP contribution in [0.15, 0.2) is 0 Å². The Bertz CT molecular complexity index is 249. The number of aldehydes is 1. The quantitative estimate of drug-likeness (QED) is 0.558. The molecule has 0 aromatic rings. The van der Waals surface area contributed by atoms with E-state index < -0.39 is 8.32 Å². The van der Waals surface area contributed by atoms with Crippen LogP contribution in [0.5, 0.6) is 0 Å². The lowest BCUT2D eigenvalue weighted by atomic mass is 9.86. The molecule has 17 heavy (non-hydrogen) atoms. The van der Waals surface area contributed by atoms with E-state index >= 15 is 0 Å². The van der Waals surface area contributed by atoms with Gasteiger partial charge in [-0.15, -0.1) is 0 Å². The van der Waals surface area contributed by atoms with Gasteiger partial charge in [0.1, 0.15) is 12.4 Å². The molecule has 3 heteroatoms. The average molecular weight is 256 g/mol. The van der Waals surface area contributed by atoms with Gasteiger partial charge in [-0.3, -0.25) is 0 Å². The van der Waals surface area contributed by atoms with Crippen LogP contribution in [0.25, 0.3) is 0 Å². The van der Waals surface area contributed by atoms with Gasteiger partial charge in [-0.2, -0.15) is 0 Å². The Morgan fingerprint density at radius 3 is 2.12 bits per heavy atom. The topological polar surface area (TPSA) is 26.3 Å². The summed E-state index contributed by atoms with van der Waals surface area (Å²) in [4.78, 5) is 11.3. The zero-order valence-corrected chi connectivity index (χ0v) is 13.1. The van der Waals surface area contributed by atoms with Gasteiger partial charge in [-0.05, 0) is 36.9 Å². The van der Waals surface area contributed by atoms with Crippen LogP contribution in [0.2, 0.25) is 18.1 Å². The van der Waals surface area contributed by atoms with E-state index in [4.69, 9.17) is 4.43 Å². The highest BCUT2D eigenvalue weighted by Crippen LogP contribution is 2.39. The van der Waals surface area contributed by atoms with Crippen molar-refractivity contribution in [3.05, 3.63) is 0 Å². The Labute approximate surface area is 107 Å². The molecule has 1 aliphatic carbocycles. The van der Waals surface area contributed by atoms with Crippen LogP contribution in [0.3, 0.4) is 0 Å². The zero-order chi connectivity index (χ0) is 13.1. The summed E-state index contributed by atoms with van der Waals surface area (Å²) in [6.45, 7) is 11.1. The SMILES string of the molecule is CC(C)(C)[Si](C)(C)O[C@H](C=O)C1CCCCC1. The number of carbonyl (C=O) groups is 1. The molecular formula is C14H28O2Si. The van der Waals surface area contributed by atoms with E-state index in [1.165, 1.54) is 19.3 Å². The van der Waals surface area contributed by atoms with E-state index in [1.807, 2.05) is 0 Å². The van der Waals surface area contributed by atoms with Crippen molar-refractivity contribution in [3.63, 3.8) is 0 Å². The van der Waals surface area contributed by atoms with Crippen molar-refractivity contribution in [1.29, 1.82) is 0 Å². The maximum absolute atomic E-state index is 11.3. The molecular weight excluding hydrogens is 228 g/mol. The van der Waals surface area contributed by atoms with Crippen molar-refractivity contribution < 1.29 is 9.22 Å². The first-order valence-corrected chi connectivity index (χ1v) is 9.82. The summed E-state index contributed by atoms with van der Waals surface area (Å²) in [6, 6.07) is 0. The van der Waals surface area contributed by atoms with Gasteiger partial charge in [0.2, 0.25) is 0 Å². The fraction of sp³-hybridized carbons (Fsp3) is 0.929. The van der Waals surface area contributed by atoms with Crippen LogP contribution in [0.1, 0.15) is 52.9 Å². The average Bonchev–Trinajstić information content (AvgIpc) is 2.25. The minimum absolute atomic E-state index is 0.156. The third-order valence-electron chi connectivity index (χ3n) is 4.49. The minimum Gasteiger partial charge on any atom is -0.407 e. The number of hydrogen-bond acceptors (Lipinski definition) is 2. The van der Waals surface area contributed by atoms with E-state index in [-0.39, 0.29) is 11.1 Å². The molecule has 1 aliphatic rings. The van der Waals surface area contributed by atoms with Gasteiger partial charge in [-0.1, -0.05) is 40.0 Å². The minimum atomic E-state index is -1.80. The second-order valence-corrected chi connectivity index (χ2v) is 11.6. The standard InChI is InChI=1S/C14H28O2Si/c1-14(2,3)17(4,5)16-13(11-15)12-9-7-6-8-10-12/h11-13H,6-10H2,1-5H3/t13-/m1/s1. The molecule has 100 valence electrons. The monoisotopic (exact) mass is 256 g/mol. The highest BCUT2D eigenvalue weighted by molar-refractivity contribution is 6.74. The third-order valence-corrected chi connectivity index (χ3v) is 8.96. The Hall–Kier alpha value is -0.153. The van der Waals surface area contributed by atoms with E-state index in [9.17, 15) is 4.79 Å². The van der Waals surface area contributed by atoms with Crippen LogP contribution >= 0.6 is 0 Å². The molecule has 0 aromatic carbocycles. The first-order valence-electron chi connectivity index (χ1n) is 6.91. The highest BCUT2D eigenvalue weighted by Gasteiger charge is 2.40. The van der Waals surface area contributed by atoms with Gasteiger partial charge < -0.3 is 9.22 Å². The van der Waals surface area contributed by atoms with Gasteiger partial charge >= 0.3 is 0 Å². The van der Waals surface area contributed by atoms with Gasteiger partial charge in [0.15, 0.2) is 8.32 Å². The van der Waals surface area contributed by atoms with Crippen molar-refractivity contribution in [2.24, 2.45) is 5.92 Å². The molecule has 0 heterocycles. The second-order valence-electron chi connectivity index (χ2n) is 6.88. The normalized spacial score (nSPS) is 21.2. The molecule has 0 aliphatic heterocycles. The smallest absolute Gasteiger partial charge is 0.193 e. The van der Waals surface area contributed by atoms with E-state index in [1.54, 1.807) is 0 Å². The number of rotatable bonds is 4. The lowest BCUT2D eigenvalue weighted by Crippen LogP contribution is -2.46. The van der Waals surface area contributed by atoms with E-state index in [2.05, 4.69) is 33.9 Å². The van der Waals surface area contributed by atoms with Crippen molar-refractivity contribution in [2.75, 3.05) is 0 Å². The number of carbonyl (C=O) groups excluding carboxylic acids is 1. The van der Waals surface area contributed by atoms with Crippen molar-refractivity contribution >= 4 is 14.6 Å². The Kier molecular flexibility index (Phi) is 4.96. The predicted molar refractivity (Wildman–Crippen MR) is 74.7 cm³/mol. The maximum atomic E-state index is 11.3. The molecule has 0 N–H and O–H groups in total. The second kappa shape index (κ2) is 5.66. The molecule has 0 saturated heterocycles. The van der Waals surface area contributed by atoms with Crippen molar-refractivity contribution in [2.45, 2.75) is 77.1 Å². The van der Waals surface area contributed by atoms with Crippen LogP contribution in [-0.4, -0.2) is 20.7 Å². The molecule has 0 amide bonds. The first-order chi connectivity index (χ1) is 7.78. The van der Waals surface area contributed by atoms with Crippen LogP contribution in [0.4, 0.5) is 0 Å². The molecule has 0 bridgehead atoms. The summed E-state index contributed by atoms with van der Waals surface area (Å²) in [5.74, 6) is 0.468. The van der Waals surface area contributed by atoms with E-state index in [0.717, 1.165) is 19.1 Å². The van der Waals surface area contributed by atoms with Crippen LogP contribution in [0, 0.1) is 5.92 Å². The maximum Gasteiger partial charge on any atom is 0.193 e. The molecule has 0 radical (unpaired) electrons. The fourth-order valence-electron chi connectivity index (χ4n) is 2.21. The zero-order valence-electron chi connectivity index (χ0n) is 12.1. The largest absolute Gasteiger partial charge is 0.407 e. The van der Waals surface area contributed by atoms with Gasteiger partial charge in [0, 0.05) is 0 Å². The Balaban J connectivity index is 2.65. The molecule has 0 spiro atoms. The third kappa shape index (κ3) is 3.92. The van der Waals surface area contributed by atoms with Crippen molar-refractivity contribution in [3.8, 4) is 0 Å². The van der Waals surface area contributed by atoms with Crippen molar-refractivity contribution in [1.82, 2.24) is 0 Å². The summed E-state index contributed by atoms with van der Waals surface area (Å²) in [5, 5.41) is 0.183. The van der Waals surface area contributed by atoms with Gasteiger partial charge in [0.05, 0.1) is 0 Å². The lowest BCUT2D eigenvalue weighted by Gasteiger charge is -2.40. The van der Waals surface area contributed by atoms with Crippen LogP contribution < -0.4 is 0 Å². The number of hydrogen-bond donors (Lipinski definition) is 0. The fourth-order valence-corrected chi connectivity index (χ4v) is 3.50. The Morgan fingerprint density at radius 1 is 1.18 bits per heavy atom. The molecule has 1 saturated carbocycles. The summed E-state index contributed by atoms with van der Waals surface area (Å²) in [7, 11) is -1.80. The van der Waals surface area contributed by atoms with E-state index in [0.29, 0.717) is 5.92 Å². The molecule has 1 fully saturated rings. The molecule has 0 aromatic heterocycles. The summed E-state index contributed by atoms with van der Waals surface area (Å²) < 4.78 is 6.26. The van der Waals surface area contributed by atoms with Gasteiger partial charge in [-0.25, -0.2) is 0 Å². The molecule has 1 rings (SSSR count).